The van der Waals surface area contributed by atoms with Crippen molar-refractivity contribution in [2.45, 2.75) is 30.2 Å². The van der Waals surface area contributed by atoms with Crippen molar-refractivity contribution in [2.75, 3.05) is 5.75 Å². The Morgan fingerprint density at radius 2 is 1.74 bits per heavy atom. The number of nitrogens with zero attached hydrogens (tertiary/aromatic N) is 1. The molecule has 0 amide bonds. The Hall–Kier alpha value is -2.57. The number of thioether (sulfide) groups is 1. The second-order valence-corrected chi connectivity index (χ2v) is 7.52. The third-order valence-corrected chi connectivity index (χ3v) is 5.44. The number of aliphatic hydroxyl groups excluding tert-OH is 1. The Kier molecular flexibility index (Phi) is 5.27. The van der Waals surface area contributed by atoms with E-state index < -0.39 is 6.10 Å². The van der Waals surface area contributed by atoms with E-state index in [2.05, 4.69) is 4.98 Å². The van der Waals surface area contributed by atoms with E-state index in [0.717, 1.165) is 27.7 Å². The topological polar surface area (TPSA) is 75.2 Å². The number of hydrogen-bond donors (Lipinski definition) is 2. The number of aromatic amines is 1. The second-order valence-electron chi connectivity index (χ2n) is 6.51. The molecule has 1 aliphatic heterocycles. The van der Waals surface area contributed by atoms with Crippen LogP contribution in [0.2, 0.25) is 0 Å². The predicted molar refractivity (Wildman–Crippen MR) is 105 cm³/mol. The predicted octanol–water partition coefficient (Wildman–Crippen LogP) is 3.90. The highest BCUT2D eigenvalue weighted by molar-refractivity contribution is 7.99. The highest BCUT2D eigenvalue weighted by atomic mass is 32.2. The van der Waals surface area contributed by atoms with Gasteiger partial charge in [0, 0.05) is 23.3 Å². The zero-order chi connectivity index (χ0) is 18.6. The van der Waals surface area contributed by atoms with Crippen LogP contribution >= 0.6 is 11.8 Å². The van der Waals surface area contributed by atoms with Crippen molar-refractivity contribution in [3.05, 3.63) is 60.7 Å². The van der Waals surface area contributed by atoms with Crippen molar-refractivity contribution in [2.24, 2.45) is 0 Å². The largest absolute Gasteiger partial charge is 0.461 e. The van der Waals surface area contributed by atoms with Gasteiger partial charge in [0.2, 0.25) is 0 Å². The zero-order valence-corrected chi connectivity index (χ0v) is 15.5. The average Bonchev–Trinajstić information content (AvgIpc) is 3.11. The molecule has 1 unspecified atom stereocenters. The number of benzene rings is 2. The Morgan fingerprint density at radius 1 is 1.07 bits per heavy atom. The lowest BCUT2D eigenvalue weighted by atomic mass is 10.1. The summed E-state index contributed by atoms with van der Waals surface area (Å²) in [6, 6.07) is 20.1. The van der Waals surface area contributed by atoms with E-state index >= 15 is 0 Å². The molecule has 3 aromatic rings. The van der Waals surface area contributed by atoms with Crippen LogP contribution in [0.1, 0.15) is 12.8 Å². The number of hydrogen-bond acceptors (Lipinski definition) is 5. The minimum atomic E-state index is -0.617. The van der Waals surface area contributed by atoms with Crippen LogP contribution in [0, 0.1) is 0 Å². The fourth-order valence-electron chi connectivity index (χ4n) is 3.17. The van der Waals surface area contributed by atoms with Gasteiger partial charge in [-0.2, -0.15) is 0 Å². The lowest BCUT2D eigenvalue weighted by Gasteiger charge is -2.25. The second kappa shape index (κ2) is 7.98. The number of cyclic esters (lactones) is 1. The standard InChI is InChI=1S/C21H20N2O3S/c24-16-11-17(26-18(25)12-16)13-27-21-22-19(14-7-3-1-4-8-14)20(23-21)15-9-5-2-6-10-15/h1-10,16-17,24H,11-13H2,(H,22,23)/t16?,17-/m0/s1. The Balaban J connectivity index is 1.59. The van der Waals surface area contributed by atoms with E-state index in [1.807, 2.05) is 60.7 Å². The number of imidazole rings is 1. The van der Waals surface area contributed by atoms with Crippen molar-refractivity contribution >= 4 is 17.7 Å². The molecule has 2 aromatic carbocycles. The molecule has 0 bridgehead atoms. The van der Waals surface area contributed by atoms with Crippen molar-refractivity contribution in [1.29, 1.82) is 0 Å². The monoisotopic (exact) mass is 380 g/mol. The first-order valence-electron chi connectivity index (χ1n) is 8.90. The summed E-state index contributed by atoms with van der Waals surface area (Å²) in [5.41, 5.74) is 3.96. The number of ether oxygens (including phenoxy) is 1. The molecule has 1 aromatic heterocycles. The van der Waals surface area contributed by atoms with Crippen LogP contribution in [0.4, 0.5) is 0 Å². The van der Waals surface area contributed by atoms with Gasteiger partial charge >= 0.3 is 5.97 Å². The number of nitrogens with one attached hydrogen (secondary N) is 1. The molecule has 1 fully saturated rings. The summed E-state index contributed by atoms with van der Waals surface area (Å²) < 4.78 is 5.32. The summed E-state index contributed by atoms with van der Waals surface area (Å²) in [7, 11) is 0. The van der Waals surface area contributed by atoms with Crippen molar-refractivity contribution < 1.29 is 14.6 Å². The number of carbonyl (C=O) groups is 1. The molecule has 1 aliphatic rings. The first-order chi connectivity index (χ1) is 13.2. The fourth-order valence-corrected chi connectivity index (χ4v) is 4.05. The van der Waals surface area contributed by atoms with Crippen LogP contribution in [0.25, 0.3) is 22.5 Å². The van der Waals surface area contributed by atoms with Crippen LogP contribution < -0.4 is 0 Å². The van der Waals surface area contributed by atoms with Gasteiger partial charge in [0.15, 0.2) is 5.16 Å². The van der Waals surface area contributed by atoms with Gasteiger partial charge in [-0.25, -0.2) is 4.98 Å². The van der Waals surface area contributed by atoms with Gasteiger partial charge in [-0.1, -0.05) is 72.4 Å². The maximum atomic E-state index is 11.5. The van der Waals surface area contributed by atoms with E-state index in [1.54, 1.807) is 0 Å². The number of H-pyrrole nitrogens is 1. The average molecular weight is 380 g/mol. The van der Waals surface area contributed by atoms with Gasteiger partial charge in [-0.15, -0.1) is 0 Å². The smallest absolute Gasteiger partial charge is 0.308 e. The Labute approximate surface area is 161 Å². The Morgan fingerprint density at radius 3 is 2.41 bits per heavy atom. The minimum absolute atomic E-state index is 0.0816. The quantitative estimate of drug-likeness (QED) is 0.519. The molecule has 0 spiro atoms. The number of carbonyl (C=O) groups excluding carboxylic acids is 1. The fraction of sp³-hybridized carbons (Fsp3) is 0.238. The van der Waals surface area contributed by atoms with Crippen LogP contribution in [0.15, 0.2) is 65.8 Å². The third-order valence-electron chi connectivity index (χ3n) is 4.43. The highest BCUT2D eigenvalue weighted by Gasteiger charge is 2.27. The van der Waals surface area contributed by atoms with Crippen molar-refractivity contribution in [3.8, 4) is 22.5 Å². The maximum Gasteiger partial charge on any atom is 0.308 e. The molecule has 2 N–H and O–H groups in total. The molecule has 4 rings (SSSR count). The maximum absolute atomic E-state index is 11.5. The van der Waals surface area contributed by atoms with Gasteiger partial charge < -0.3 is 14.8 Å². The molecule has 27 heavy (non-hydrogen) atoms. The van der Waals surface area contributed by atoms with Crippen LogP contribution in [0.3, 0.4) is 0 Å². The summed E-state index contributed by atoms with van der Waals surface area (Å²) in [5, 5.41) is 10.5. The molecule has 0 aliphatic carbocycles. The molecule has 2 heterocycles. The minimum Gasteiger partial charge on any atom is -0.461 e. The molecule has 6 heteroatoms. The lowest BCUT2D eigenvalue weighted by Crippen LogP contribution is -2.33. The molecular formula is C21H20N2O3S. The van der Waals surface area contributed by atoms with Crippen molar-refractivity contribution in [1.82, 2.24) is 9.97 Å². The molecular weight excluding hydrogens is 360 g/mol. The van der Waals surface area contributed by atoms with Gasteiger partial charge in [0.25, 0.3) is 0 Å². The van der Waals surface area contributed by atoms with E-state index in [1.165, 1.54) is 11.8 Å². The molecule has 2 atom stereocenters. The highest BCUT2D eigenvalue weighted by Crippen LogP contribution is 2.33. The van der Waals surface area contributed by atoms with Crippen LogP contribution in [-0.2, 0) is 9.53 Å². The third kappa shape index (κ3) is 4.23. The summed E-state index contributed by atoms with van der Waals surface area (Å²) >= 11 is 1.50. The number of aliphatic hydroxyl groups is 1. The van der Waals surface area contributed by atoms with E-state index in [9.17, 15) is 9.90 Å². The van der Waals surface area contributed by atoms with Gasteiger partial charge in [-0.3, -0.25) is 4.79 Å². The summed E-state index contributed by atoms with van der Waals surface area (Å²) in [6.45, 7) is 0. The zero-order valence-electron chi connectivity index (χ0n) is 14.7. The summed E-state index contributed by atoms with van der Waals surface area (Å²) in [6.07, 6.45) is -0.362. The normalized spacial score (nSPS) is 19.7. The molecule has 5 nitrogen and oxygen atoms in total. The van der Waals surface area contributed by atoms with Crippen LogP contribution in [0.5, 0.6) is 0 Å². The molecule has 0 radical (unpaired) electrons. The van der Waals surface area contributed by atoms with E-state index in [0.29, 0.717) is 12.2 Å². The van der Waals surface area contributed by atoms with Crippen LogP contribution in [-0.4, -0.2) is 39.0 Å². The number of aromatic nitrogens is 2. The first-order valence-corrected chi connectivity index (χ1v) is 9.89. The van der Waals surface area contributed by atoms with E-state index in [-0.39, 0.29) is 18.5 Å². The Bertz CT molecular complexity index is 855. The number of rotatable bonds is 5. The SMILES string of the molecule is O=C1CC(O)C[C@@H](CSc2nc(-c3ccccc3)c(-c3ccccc3)[nH]2)O1. The molecule has 138 valence electrons. The number of esters is 1. The molecule has 0 saturated carbocycles. The van der Waals surface area contributed by atoms with E-state index in [4.69, 9.17) is 9.72 Å². The first kappa shape index (κ1) is 17.8. The summed E-state index contributed by atoms with van der Waals surface area (Å²) in [5.74, 6) is 0.215. The van der Waals surface area contributed by atoms with Gasteiger partial charge in [-0.05, 0) is 0 Å². The lowest BCUT2D eigenvalue weighted by molar-refractivity contribution is -0.158. The van der Waals surface area contributed by atoms with Gasteiger partial charge in [0.1, 0.15) is 6.10 Å². The van der Waals surface area contributed by atoms with Crippen molar-refractivity contribution in [3.63, 3.8) is 0 Å². The molecule has 1 saturated heterocycles. The summed E-state index contributed by atoms with van der Waals surface area (Å²) in [4.78, 5) is 19.7. The van der Waals surface area contributed by atoms with Gasteiger partial charge in [0.05, 0.1) is 23.9 Å².